The predicted octanol–water partition coefficient (Wildman–Crippen LogP) is 4.98. The zero-order chi connectivity index (χ0) is 15.6. The minimum atomic E-state index is -0.390. The van der Waals surface area contributed by atoms with E-state index in [1.54, 1.807) is 25.1 Å². The number of aryl methyl sites for hydroxylation is 1. The maximum atomic E-state index is 13.1. The summed E-state index contributed by atoms with van der Waals surface area (Å²) in [7, 11) is 0. The van der Waals surface area contributed by atoms with E-state index < -0.39 is 0 Å². The number of nitrogens with one attached hydrogen (secondary N) is 1. The first-order valence-electron chi connectivity index (χ1n) is 6.35. The van der Waals surface area contributed by atoms with Crippen molar-refractivity contribution in [2.45, 2.75) is 19.9 Å². The summed E-state index contributed by atoms with van der Waals surface area (Å²) in [5.74, 6) is -0.328. The van der Waals surface area contributed by atoms with Crippen molar-refractivity contribution in [2.24, 2.45) is 0 Å². The lowest BCUT2D eigenvalue weighted by Crippen LogP contribution is -2.08. The summed E-state index contributed by atoms with van der Waals surface area (Å²) < 4.78 is 13.7. The summed E-state index contributed by atoms with van der Waals surface area (Å²) in [5.41, 5.74) is 2.24. The fourth-order valence-corrected chi connectivity index (χ4v) is 2.48. The molecule has 0 bridgehead atoms. The average molecular weight is 353 g/mol. The number of rotatable bonds is 4. The summed E-state index contributed by atoms with van der Waals surface area (Å²) >= 11 is 3.29. The van der Waals surface area contributed by atoms with Crippen LogP contribution in [0.3, 0.4) is 0 Å². The van der Waals surface area contributed by atoms with E-state index in [1.165, 1.54) is 12.1 Å². The molecule has 0 aromatic heterocycles. The Labute approximate surface area is 130 Å². The molecule has 6 heteroatoms. The molecule has 0 saturated carbocycles. The summed E-state index contributed by atoms with van der Waals surface area (Å²) in [6.45, 7) is 3.60. The second-order valence-corrected chi connectivity index (χ2v) is 5.65. The van der Waals surface area contributed by atoms with Crippen molar-refractivity contribution in [2.75, 3.05) is 5.32 Å². The van der Waals surface area contributed by atoms with Crippen molar-refractivity contribution in [3.63, 3.8) is 0 Å². The SMILES string of the molecule is Cc1ccc(C(C)Nc2ccc(F)cc2Br)cc1[N+](=O)[O-]. The highest BCUT2D eigenvalue weighted by atomic mass is 79.9. The highest BCUT2D eigenvalue weighted by Gasteiger charge is 2.15. The number of anilines is 1. The first kappa shape index (κ1) is 15.4. The number of benzene rings is 2. The summed E-state index contributed by atoms with van der Waals surface area (Å²) in [6.07, 6.45) is 0. The van der Waals surface area contributed by atoms with E-state index >= 15 is 0 Å². The fourth-order valence-electron chi connectivity index (χ4n) is 2.02. The van der Waals surface area contributed by atoms with Crippen LogP contribution in [0.2, 0.25) is 0 Å². The Hall–Kier alpha value is -1.95. The second kappa shape index (κ2) is 6.22. The molecule has 110 valence electrons. The molecule has 2 rings (SSSR count). The molecule has 0 aliphatic rings. The number of halogens is 2. The molecule has 0 heterocycles. The normalized spacial score (nSPS) is 12.0. The lowest BCUT2D eigenvalue weighted by Gasteiger charge is -2.17. The molecular weight excluding hydrogens is 339 g/mol. The first-order chi connectivity index (χ1) is 9.88. The van der Waals surface area contributed by atoms with Crippen molar-refractivity contribution in [3.8, 4) is 0 Å². The molecular formula is C15H14BrFN2O2. The van der Waals surface area contributed by atoms with E-state index in [0.717, 1.165) is 11.3 Å². The van der Waals surface area contributed by atoms with Crippen LogP contribution in [-0.4, -0.2) is 4.92 Å². The zero-order valence-electron chi connectivity index (χ0n) is 11.6. The third kappa shape index (κ3) is 3.58. The van der Waals surface area contributed by atoms with Gasteiger partial charge in [-0.05, 0) is 53.5 Å². The van der Waals surface area contributed by atoms with Crippen LogP contribution in [0, 0.1) is 22.9 Å². The first-order valence-corrected chi connectivity index (χ1v) is 7.14. The van der Waals surface area contributed by atoms with E-state index in [-0.39, 0.29) is 22.5 Å². The van der Waals surface area contributed by atoms with Crippen molar-refractivity contribution in [1.82, 2.24) is 0 Å². The number of nitro groups is 1. The van der Waals surface area contributed by atoms with Crippen LogP contribution >= 0.6 is 15.9 Å². The fraction of sp³-hybridized carbons (Fsp3) is 0.200. The van der Waals surface area contributed by atoms with Crippen LogP contribution < -0.4 is 5.32 Å². The van der Waals surface area contributed by atoms with Gasteiger partial charge >= 0.3 is 0 Å². The largest absolute Gasteiger partial charge is 0.378 e. The van der Waals surface area contributed by atoms with Gasteiger partial charge < -0.3 is 5.32 Å². The smallest absolute Gasteiger partial charge is 0.272 e. The molecule has 1 N–H and O–H groups in total. The predicted molar refractivity (Wildman–Crippen MR) is 84.0 cm³/mol. The van der Waals surface area contributed by atoms with Gasteiger partial charge in [-0.3, -0.25) is 10.1 Å². The van der Waals surface area contributed by atoms with E-state index in [0.29, 0.717) is 10.0 Å². The maximum absolute atomic E-state index is 13.1. The van der Waals surface area contributed by atoms with Gasteiger partial charge in [-0.25, -0.2) is 4.39 Å². The summed E-state index contributed by atoms with van der Waals surface area (Å²) in [5, 5.41) is 14.2. The van der Waals surface area contributed by atoms with Crippen LogP contribution in [0.4, 0.5) is 15.8 Å². The highest BCUT2D eigenvalue weighted by Crippen LogP contribution is 2.29. The Morgan fingerprint density at radius 2 is 2.00 bits per heavy atom. The summed E-state index contributed by atoms with van der Waals surface area (Å²) in [6, 6.07) is 9.33. The molecule has 2 aromatic carbocycles. The van der Waals surface area contributed by atoms with Gasteiger partial charge in [0.25, 0.3) is 5.69 Å². The molecule has 0 aliphatic heterocycles. The van der Waals surface area contributed by atoms with Gasteiger partial charge in [0.1, 0.15) is 5.82 Å². The molecule has 0 radical (unpaired) electrons. The van der Waals surface area contributed by atoms with Gasteiger partial charge in [-0.2, -0.15) is 0 Å². The molecule has 21 heavy (non-hydrogen) atoms. The molecule has 0 aliphatic carbocycles. The molecule has 0 amide bonds. The molecule has 1 atom stereocenters. The van der Waals surface area contributed by atoms with Gasteiger partial charge in [0, 0.05) is 27.8 Å². The van der Waals surface area contributed by atoms with Crippen molar-refractivity contribution >= 4 is 27.3 Å². The topological polar surface area (TPSA) is 55.2 Å². The third-order valence-corrected chi connectivity index (χ3v) is 3.89. The Morgan fingerprint density at radius 1 is 1.29 bits per heavy atom. The van der Waals surface area contributed by atoms with E-state index in [9.17, 15) is 14.5 Å². The Morgan fingerprint density at radius 3 is 2.62 bits per heavy atom. The number of hydrogen-bond acceptors (Lipinski definition) is 3. The van der Waals surface area contributed by atoms with Gasteiger partial charge in [0.15, 0.2) is 0 Å². The zero-order valence-corrected chi connectivity index (χ0v) is 13.1. The lowest BCUT2D eigenvalue weighted by molar-refractivity contribution is -0.385. The quantitative estimate of drug-likeness (QED) is 0.623. The van der Waals surface area contributed by atoms with Crippen molar-refractivity contribution < 1.29 is 9.31 Å². The van der Waals surface area contributed by atoms with Gasteiger partial charge in [-0.15, -0.1) is 0 Å². The standard InChI is InChI=1S/C15H14BrFN2O2/c1-9-3-4-11(7-15(9)19(20)21)10(2)18-14-6-5-12(17)8-13(14)16/h3-8,10,18H,1-2H3. The summed E-state index contributed by atoms with van der Waals surface area (Å²) in [4.78, 5) is 10.6. The monoisotopic (exact) mass is 352 g/mol. The van der Waals surface area contributed by atoms with Crippen LogP contribution in [-0.2, 0) is 0 Å². The molecule has 0 saturated heterocycles. The molecule has 0 spiro atoms. The average Bonchev–Trinajstić information content (AvgIpc) is 2.42. The highest BCUT2D eigenvalue weighted by molar-refractivity contribution is 9.10. The van der Waals surface area contributed by atoms with Gasteiger partial charge in [-0.1, -0.05) is 12.1 Å². The molecule has 1 unspecified atom stereocenters. The molecule has 0 fully saturated rings. The number of nitro benzene ring substituents is 1. The van der Waals surface area contributed by atoms with Crippen LogP contribution in [0.15, 0.2) is 40.9 Å². The van der Waals surface area contributed by atoms with Crippen molar-refractivity contribution in [3.05, 3.63) is 67.9 Å². The van der Waals surface area contributed by atoms with Crippen LogP contribution in [0.5, 0.6) is 0 Å². The maximum Gasteiger partial charge on any atom is 0.272 e. The minimum Gasteiger partial charge on any atom is -0.378 e. The van der Waals surface area contributed by atoms with Crippen LogP contribution in [0.1, 0.15) is 24.1 Å². The molecule has 4 nitrogen and oxygen atoms in total. The van der Waals surface area contributed by atoms with Crippen molar-refractivity contribution in [1.29, 1.82) is 0 Å². The Balaban J connectivity index is 2.26. The lowest BCUT2D eigenvalue weighted by atomic mass is 10.0. The Bertz CT molecular complexity index is 691. The Kier molecular flexibility index (Phi) is 4.57. The molecule has 2 aromatic rings. The van der Waals surface area contributed by atoms with E-state index in [1.807, 2.05) is 13.0 Å². The van der Waals surface area contributed by atoms with E-state index in [4.69, 9.17) is 0 Å². The van der Waals surface area contributed by atoms with E-state index in [2.05, 4.69) is 21.2 Å². The van der Waals surface area contributed by atoms with Gasteiger partial charge in [0.05, 0.1) is 4.92 Å². The minimum absolute atomic E-state index is 0.0966. The number of nitrogens with zero attached hydrogens (tertiary/aromatic N) is 1. The van der Waals surface area contributed by atoms with Crippen LogP contribution in [0.25, 0.3) is 0 Å². The van der Waals surface area contributed by atoms with Gasteiger partial charge in [0.2, 0.25) is 0 Å². The number of hydrogen-bond donors (Lipinski definition) is 1. The second-order valence-electron chi connectivity index (χ2n) is 4.79. The third-order valence-electron chi connectivity index (χ3n) is 3.23.